The second-order valence-electron chi connectivity index (χ2n) is 5.97. The van der Waals surface area contributed by atoms with E-state index in [-0.39, 0.29) is 24.4 Å². The van der Waals surface area contributed by atoms with E-state index >= 15 is 0 Å². The maximum atomic E-state index is 13.2. The second kappa shape index (κ2) is 8.69. The summed E-state index contributed by atoms with van der Waals surface area (Å²) < 4.78 is 24.2. The number of hydrogen-bond donors (Lipinski definition) is 0. The van der Waals surface area contributed by atoms with Gasteiger partial charge in [0.2, 0.25) is 0 Å². The highest BCUT2D eigenvalue weighted by Gasteiger charge is 2.19. The van der Waals surface area contributed by atoms with Crippen molar-refractivity contribution in [3.8, 4) is 0 Å². The van der Waals surface area contributed by atoms with E-state index in [2.05, 4.69) is 4.98 Å². The van der Waals surface area contributed by atoms with Crippen molar-refractivity contribution in [3.63, 3.8) is 0 Å². The van der Waals surface area contributed by atoms with Crippen LogP contribution >= 0.6 is 0 Å². The number of aromatic nitrogens is 1. The summed E-state index contributed by atoms with van der Waals surface area (Å²) in [5.74, 6) is -0.527. The van der Waals surface area contributed by atoms with Gasteiger partial charge in [-0.2, -0.15) is 0 Å². The van der Waals surface area contributed by atoms with Gasteiger partial charge in [-0.1, -0.05) is 6.07 Å². The van der Waals surface area contributed by atoms with Gasteiger partial charge in [0.05, 0.1) is 19.3 Å². The SMILES string of the molecule is O=C(COC[C@H]1CCCO1)N(Cc1cccnc1)c1ccc(F)cc1. The number of pyridine rings is 1. The lowest BCUT2D eigenvalue weighted by Gasteiger charge is -2.23. The van der Waals surface area contributed by atoms with E-state index in [1.54, 1.807) is 29.4 Å². The van der Waals surface area contributed by atoms with Crippen molar-refractivity contribution in [2.24, 2.45) is 0 Å². The van der Waals surface area contributed by atoms with Gasteiger partial charge in [0.15, 0.2) is 0 Å². The molecule has 25 heavy (non-hydrogen) atoms. The zero-order valence-electron chi connectivity index (χ0n) is 13.9. The van der Waals surface area contributed by atoms with E-state index in [0.717, 1.165) is 25.0 Å². The minimum Gasteiger partial charge on any atom is -0.376 e. The second-order valence-corrected chi connectivity index (χ2v) is 5.97. The monoisotopic (exact) mass is 344 g/mol. The number of amides is 1. The molecule has 2 heterocycles. The fourth-order valence-electron chi connectivity index (χ4n) is 2.75. The van der Waals surface area contributed by atoms with Crippen LogP contribution in [0.15, 0.2) is 48.8 Å². The Labute approximate surface area is 146 Å². The minimum absolute atomic E-state index is 0.0441. The molecule has 0 bridgehead atoms. The average Bonchev–Trinajstić information content (AvgIpc) is 3.15. The van der Waals surface area contributed by atoms with E-state index in [9.17, 15) is 9.18 Å². The predicted octanol–water partition coefficient (Wildman–Crippen LogP) is 2.95. The predicted molar refractivity (Wildman–Crippen MR) is 91.6 cm³/mol. The van der Waals surface area contributed by atoms with Crippen LogP contribution in [0.1, 0.15) is 18.4 Å². The molecule has 0 radical (unpaired) electrons. The van der Waals surface area contributed by atoms with Crippen LogP contribution in [-0.4, -0.2) is 36.8 Å². The Morgan fingerprint density at radius 1 is 1.32 bits per heavy atom. The van der Waals surface area contributed by atoms with Crippen LogP contribution in [0.25, 0.3) is 0 Å². The molecular formula is C19H21FN2O3. The number of carbonyl (C=O) groups excluding carboxylic acids is 1. The van der Waals surface area contributed by atoms with Gasteiger partial charge < -0.3 is 14.4 Å². The van der Waals surface area contributed by atoms with Crippen molar-refractivity contribution < 1.29 is 18.7 Å². The van der Waals surface area contributed by atoms with Gasteiger partial charge in [0.1, 0.15) is 12.4 Å². The lowest BCUT2D eigenvalue weighted by atomic mass is 10.2. The first-order chi connectivity index (χ1) is 12.2. The maximum Gasteiger partial charge on any atom is 0.253 e. The molecule has 0 unspecified atom stereocenters. The van der Waals surface area contributed by atoms with Gasteiger partial charge in [-0.05, 0) is 48.7 Å². The number of anilines is 1. The van der Waals surface area contributed by atoms with Crippen LogP contribution in [0.5, 0.6) is 0 Å². The topological polar surface area (TPSA) is 51.7 Å². The normalized spacial score (nSPS) is 16.8. The van der Waals surface area contributed by atoms with Crippen LogP contribution in [0.4, 0.5) is 10.1 Å². The molecule has 5 nitrogen and oxygen atoms in total. The molecule has 6 heteroatoms. The number of hydrogen-bond acceptors (Lipinski definition) is 4. The molecule has 1 saturated heterocycles. The standard InChI is InChI=1S/C19H21FN2O3/c20-16-5-7-17(8-6-16)22(12-15-3-1-9-21-11-15)19(23)14-24-13-18-4-2-10-25-18/h1,3,5-9,11,18H,2,4,10,12-14H2/t18-/m1/s1. The molecule has 132 valence electrons. The molecule has 1 aliphatic heterocycles. The van der Waals surface area contributed by atoms with Crippen LogP contribution in [0.2, 0.25) is 0 Å². The largest absolute Gasteiger partial charge is 0.376 e. The number of ether oxygens (including phenoxy) is 2. The zero-order valence-corrected chi connectivity index (χ0v) is 13.9. The third-order valence-electron chi connectivity index (χ3n) is 4.06. The Kier molecular flexibility index (Phi) is 6.09. The lowest BCUT2D eigenvalue weighted by Crippen LogP contribution is -2.34. The highest BCUT2D eigenvalue weighted by molar-refractivity contribution is 5.94. The lowest BCUT2D eigenvalue weighted by molar-refractivity contribution is -0.124. The summed E-state index contributed by atoms with van der Waals surface area (Å²) in [4.78, 5) is 18.3. The number of nitrogens with zero attached hydrogens (tertiary/aromatic N) is 2. The molecule has 0 N–H and O–H groups in total. The van der Waals surface area contributed by atoms with Gasteiger partial charge in [-0.15, -0.1) is 0 Å². The molecule has 0 spiro atoms. The van der Waals surface area contributed by atoms with Crippen LogP contribution in [0, 0.1) is 5.82 Å². The Morgan fingerprint density at radius 2 is 2.16 bits per heavy atom. The Bertz CT molecular complexity index is 673. The Morgan fingerprint density at radius 3 is 2.84 bits per heavy atom. The van der Waals surface area contributed by atoms with Gasteiger partial charge in [0.25, 0.3) is 5.91 Å². The van der Waals surface area contributed by atoms with E-state index in [1.807, 2.05) is 12.1 Å². The molecule has 1 fully saturated rings. The first kappa shape index (κ1) is 17.5. The van der Waals surface area contributed by atoms with E-state index in [0.29, 0.717) is 18.8 Å². The smallest absolute Gasteiger partial charge is 0.253 e. The maximum absolute atomic E-state index is 13.2. The summed E-state index contributed by atoms with van der Waals surface area (Å²) in [7, 11) is 0. The van der Waals surface area contributed by atoms with Crippen molar-refractivity contribution in [2.45, 2.75) is 25.5 Å². The van der Waals surface area contributed by atoms with Crippen molar-refractivity contribution in [3.05, 3.63) is 60.2 Å². The fraction of sp³-hybridized carbons (Fsp3) is 0.368. The molecule has 1 atom stereocenters. The Balaban J connectivity index is 1.66. The van der Waals surface area contributed by atoms with Crippen molar-refractivity contribution >= 4 is 11.6 Å². The van der Waals surface area contributed by atoms with Gasteiger partial charge in [-0.3, -0.25) is 9.78 Å². The number of rotatable bonds is 7. The zero-order chi connectivity index (χ0) is 17.5. The van der Waals surface area contributed by atoms with Crippen LogP contribution < -0.4 is 4.90 Å². The van der Waals surface area contributed by atoms with E-state index in [1.165, 1.54) is 12.1 Å². The molecule has 3 rings (SSSR count). The Hall–Kier alpha value is -2.31. The summed E-state index contributed by atoms with van der Waals surface area (Å²) in [6.45, 7) is 1.47. The highest BCUT2D eigenvalue weighted by atomic mass is 19.1. The molecule has 1 aliphatic rings. The molecular weight excluding hydrogens is 323 g/mol. The van der Waals surface area contributed by atoms with Crippen LogP contribution in [-0.2, 0) is 20.8 Å². The number of halogens is 1. The van der Waals surface area contributed by atoms with E-state index in [4.69, 9.17) is 9.47 Å². The summed E-state index contributed by atoms with van der Waals surface area (Å²) in [5, 5.41) is 0. The number of benzene rings is 1. The molecule has 1 amide bonds. The summed E-state index contributed by atoms with van der Waals surface area (Å²) in [6.07, 6.45) is 5.45. The first-order valence-electron chi connectivity index (χ1n) is 8.36. The molecule has 1 aromatic heterocycles. The third-order valence-corrected chi connectivity index (χ3v) is 4.06. The molecule has 0 aliphatic carbocycles. The summed E-state index contributed by atoms with van der Waals surface area (Å²) in [6, 6.07) is 9.56. The first-order valence-corrected chi connectivity index (χ1v) is 8.36. The van der Waals surface area contributed by atoms with Gasteiger partial charge >= 0.3 is 0 Å². The molecule has 2 aromatic rings. The van der Waals surface area contributed by atoms with Gasteiger partial charge in [0, 0.05) is 24.7 Å². The quantitative estimate of drug-likeness (QED) is 0.775. The summed E-state index contributed by atoms with van der Waals surface area (Å²) in [5.41, 5.74) is 1.51. The molecule has 0 saturated carbocycles. The minimum atomic E-state index is -0.341. The third kappa shape index (κ3) is 5.08. The van der Waals surface area contributed by atoms with Gasteiger partial charge in [-0.25, -0.2) is 4.39 Å². The highest BCUT2D eigenvalue weighted by Crippen LogP contribution is 2.18. The van der Waals surface area contributed by atoms with Crippen LogP contribution in [0.3, 0.4) is 0 Å². The van der Waals surface area contributed by atoms with Crippen molar-refractivity contribution in [1.82, 2.24) is 4.98 Å². The summed E-state index contributed by atoms with van der Waals surface area (Å²) >= 11 is 0. The van der Waals surface area contributed by atoms with E-state index < -0.39 is 0 Å². The molecule has 1 aromatic carbocycles. The van der Waals surface area contributed by atoms with Crippen molar-refractivity contribution in [2.75, 3.05) is 24.7 Å². The van der Waals surface area contributed by atoms with Crippen molar-refractivity contribution in [1.29, 1.82) is 0 Å². The fourth-order valence-corrected chi connectivity index (χ4v) is 2.75. The average molecular weight is 344 g/mol. The number of carbonyl (C=O) groups is 1.